The maximum absolute atomic E-state index is 12.0. The fourth-order valence-corrected chi connectivity index (χ4v) is 2.83. The van der Waals surface area contributed by atoms with Crippen molar-refractivity contribution in [2.45, 2.75) is 27.7 Å². The van der Waals surface area contributed by atoms with E-state index < -0.39 is 10.0 Å². The molecule has 118 valence electrons. The molecule has 0 fully saturated rings. The second kappa shape index (κ2) is 7.04. The first-order valence-electron chi connectivity index (χ1n) is 6.92. The molecule has 1 rings (SSSR count). The fraction of sp³-hybridized carbons (Fsp3) is 0.533. The Hall–Kier alpha value is -1.40. The summed E-state index contributed by atoms with van der Waals surface area (Å²) in [5, 5.41) is 2.74. The highest BCUT2D eigenvalue weighted by atomic mass is 32.2. The summed E-state index contributed by atoms with van der Waals surface area (Å²) in [5.41, 5.74) is 2.90. The maximum Gasteiger partial charge on any atom is 0.239 e. The van der Waals surface area contributed by atoms with Crippen LogP contribution in [0.3, 0.4) is 0 Å². The predicted octanol–water partition coefficient (Wildman–Crippen LogP) is 2.16. The Morgan fingerprint density at radius 2 is 1.86 bits per heavy atom. The summed E-state index contributed by atoms with van der Waals surface area (Å²) < 4.78 is 24.6. The number of hydrogen-bond donors (Lipinski definition) is 1. The molecule has 1 aromatic rings. The van der Waals surface area contributed by atoms with E-state index in [1.54, 1.807) is 0 Å². The van der Waals surface area contributed by atoms with Gasteiger partial charge >= 0.3 is 0 Å². The van der Waals surface area contributed by atoms with E-state index in [9.17, 15) is 13.2 Å². The van der Waals surface area contributed by atoms with Gasteiger partial charge in [0.1, 0.15) is 0 Å². The van der Waals surface area contributed by atoms with Crippen LogP contribution in [0, 0.1) is 19.8 Å². The van der Waals surface area contributed by atoms with E-state index in [-0.39, 0.29) is 18.4 Å². The average Bonchev–Trinajstić information content (AvgIpc) is 2.31. The molecule has 0 aliphatic heterocycles. The second-order valence-electron chi connectivity index (χ2n) is 5.80. The van der Waals surface area contributed by atoms with Crippen LogP contribution in [0.1, 0.15) is 25.0 Å². The quantitative estimate of drug-likeness (QED) is 0.875. The molecule has 21 heavy (non-hydrogen) atoms. The van der Waals surface area contributed by atoms with Crippen LogP contribution in [0.25, 0.3) is 0 Å². The number of aryl methyl sites for hydroxylation is 2. The smallest absolute Gasteiger partial charge is 0.239 e. The molecule has 1 amide bonds. The molecule has 1 aromatic carbocycles. The van der Waals surface area contributed by atoms with Gasteiger partial charge in [0, 0.05) is 12.2 Å². The van der Waals surface area contributed by atoms with Crippen molar-refractivity contribution >= 4 is 21.6 Å². The van der Waals surface area contributed by atoms with Crippen LogP contribution in [0.15, 0.2) is 18.2 Å². The average molecular weight is 312 g/mol. The summed E-state index contributed by atoms with van der Waals surface area (Å²) >= 11 is 0. The van der Waals surface area contributed by atoms with Crippen molar-refractivity contribution in [3.05, 3.63) is 29.3 Å². The molecule has 0 heterocycles. The largest absolute Gasteiger partial charge is 0.325 e. The lowest BCUT2D eigenvalue weighted by Crippen LogP contribution is -2.39. The topological polar surface area (TPSA) is 66.5 Å². The van der Waals surface area contributed by atoms with Gasteiger partial charge in [-0.2, -0.15) is 4.31 Å². The maximum atomic E-state index is 12.0. The van der Waals surface area contributed by atoms with Gasteiger partial charge in [0.15, 0.2) is 0 Å². The van der Waals surface area contributed by atoms with Crippen molar-refractivity contribution in [3.8, 4) is 0 Å². The van der Waals surface area contributed by atoms with Gasteiger partial charge in [-0.15, -0.1) is 0 Å². The minimum atomic E-state index is -3.39. The highest BCUT2D eigenvalue weighted by molar-refractivity contribution is 7.88. The highest BCUT2D eigenvalue weighted by Gasteiger charge is 2.21. The fourth-order valence-electron chi connectivity index (χ4n) is 1.90. The minimum absolute atomic E-state index is 0.161. The number of sulfonamides is 1. The number of anilines is 1. The van der Waals surface area contributed by atoms with Crippen molar-refractivity contribution in [2.75, 3.05) is 24.7 Å². The van der Waals surface area contributed by atoms with Crippen molar-refractivity contribution in [3.63, 3.8) is 0 Å². The third-order valence-electron chi connectivity index (χ3n) is 3.15. The first-order valence-corrected chi connectivity index (χ1v) is 8.76. The van der Waals surface area contributed by atoms with Crippen LogP contribution in [0.5, 0.6) is 0 Å². The zero-order valence-corrected chi connectivity index (χ0v) is 14.1. The van der Waals surface area contributed by atoms with Crippen LogP contribution in [-0.4, -0.2) is 38.0 Å². The number of nitrogens with one attached hydrogen (secondary N) is 1. The number of benzene rings is 1. The second-order valence-corrected chi connectivity index (χ2v) is 7.78. The number of hydrogen-bond acceptors (Lipinski definition) is 3. The van der Waals surface area contributed by atoms with Gasteiger partial charge in [0.2, 0.25) is 15.9 Å². The third kappa shape index (κ3) is 5.85. The molecule has 0 aliphatic carbocycles. The SMILES string of the molecule is Cc1ccc(NC(=O)CN(CC(C)C)S(C)(=O)=O)cc1C. The Kier molecular flexibility index (Phi) is 5.92. The van der Waals surface area contributed by atoms with E-state index >= 15 is 0 Å². The van der Waals surface area contributed by atoms with Crippen molar-refractivity contribution < 1.29 is 13.2 Å². The van der Waals surface area contributed by atoms with Crippen LogP contribution in [-0.2, 0) is 14.8 Å². The molecule has 0 spiro atoms. The first-order chi connectivity index (χ1) is 9.59. The van der Waals surface area contributed by atoms with Gasteiger partial charge in [0.25, 0.3) is 0 Å². The lowest BCUT2D eigenvalue weighted by molar-refractivity contribution is -0.116. The summed E-state index contributed by atoms with van der Waals surface area (Å²) in [6.45, 7) is 7.96. The van der Waals surface area contributed by atoms with Crippen LogP contribution in [0.2, 0.25) is 0 Å². The van der Waals surface area contributed by atoms with E-state index in [1.807, 2.05) is 45.9 Å². The molecule has 0 saturated heterocycles. The molecule has 0 atom stereocenters. The standard InChI is InChI=1S/C15H24N2O3S/c1-11(2)9-17(21(5,19)20)10-15(18)16-14-7-6-12(3)13(4)8-14/h6-8,11H,9-10H2,1-5H3,(H,16,18). The van der Waals surface area contributed by atoms with E-state index in [4.69, 9.17) is 0 Å². The number of amides is 1. The molecule has 0 aliphatic rings. The number of carbonyl (C=O) groups is 1. The lowest BCUT2D eigenvalue weighted by Gasteiger charge is -2.21. The molecule has 0 radical (unpaired) electrons. The van der Waals surface area contributed by atoms with Crippen molar-refractivity contribution in [1.29, 1.82) is 0 Å². The zero-order chi connectivity index (χ0) is 16.2. The number of rotatable bonds is 6. The number of carbonyl (C=O) groups excluding carboxylic acids is 1. The normalized spacial score (nSPS) is 12.0. The van der Waals surface area contributed by atoms with Crippen molar-refractivity contribution in [2.24, 2.45) is 5.92 Å². The lowest BCUT2D eigenvalue weighted by atomic mass is 10.1. The molecule has 1 N–H and O–H groups in total. The Labute approximate surface area is 127 Å². The van der Waals surface area contributed by atoms with Gasteiger partial charge in [0.05, 0.1) is 12.8 Å². The highest BCUT2D eigenvalue weighted by Crippen LogP contribution is 2.14. The molecule has 6 heteroatoms. The van der Waals surface area contributed by atoms with Gasteiger partial charge in [-0.3, -0.25) is 4.79 Å². The summed E-state index contributed by atoms with van der Waals surface area (Å²) in [6.07, 6.45) is 1.12. The van der Waals surface area contributed by atoms with Crippen LogP contribution < -0.4 is 5.32 Å². The Morgan fingerprint density at radius 1 is 1.24 bits per heavy atom. The van der Waals surface area contributed by atoms with E-state index in [1.165, 1.54) is 4.31 Å². The molecule has 0 unspecified atom stereocenters. The Morgan fingerprint density at radius 3 is 2.33 bits per heavy atom. The van der Waals surface area contributed by atoms with E-state index in [2.05, 4.69) is 5.32 Å². The monoisotopic (exact) mass is 312 g/mol. The van der Waals surface area contributed by atoms with Crippen LogP contribution in [0.4, 0.5) is 5.69 Å². The number of nitrogens with zero attached hydrogens (tertiary/aromatic N) is 1. The predicted molar refractivity (Wildman–Crippen MR) is 85.8 cm³/mol. The Balaban J connectivity index is 2.76. The molecular weight excluding hydrogens is 288 g/mol. The van der Waals surface area contributed by atoms with E-state index in [0.717, 1.165) is 17.4 Å². The van der Waals surface area contributed by atoms with Gasteiger partial charge in [-0.1, -0.05) is 19.9 Å². The molecule has 5 nitrogen and oxygen atoms in total. The first kappa shape index (κ1) is 17.7. The van der Waals surface area contributed by atoms with Crippen molar-refractivity contribution in [1.82, 2.24) is 4.31 Å². The molecular formula is C15H24N2O3S. The summed E-state index contributed by atoms with van der Waals surface area (Å²) in [4.78, 5) is 12.0. The van der Waals surface area contributed by atoms with E-state index in [0.29, 0.717) is 12.2 Å². The summed E-state index contributed by atoms with van der Waals surface area (Å²) in [6, 6.07) is 5.61. The minimum Gasteiger partial charge on any atom is -0.325 e. The van der Waals surface area contributed by atoms with Gasteiger partial charge in [-0.25, -0.2) is 8.42 Å². The molecule has 0 bridgehead atoms. The molecule has 0 saturated carbocycles. The third-order valence-corrected chi connectivity index (χ3v) is 4.36. The Bertz CT molecular complexity index is 609. The molecule has 0 aromatic heterocycles. The summed E-state index contributed by atoms with van der Waals surface area (Å²) in [7, 11) is -3.39. The zero-order valence-electron chi connectivity index (χ0n) is 13.3. The summed E-state index contributed by atoms with van der Waals surface area (Å²) in [5.74, 6) is -0.168. The van der Waals surface area contributed by atoms with Gasteiger partial charge < -0.3 is 5.32 Å². The van der Waals surface area contributed by atoms with Gasteiger partial charge in [-0.05, 0) is 43.0 Å². The van der Waals surface area contributed by atoms with Crippen LogP contribution >= 0.6 is 0 Å².